The average Bonchev–Trinajstić information content (AvgIpc) is 2.90. The van der Waals surface area contributed by atoms with Crippen molar-refractivity contribution in [3.8, 4) is 23.0 Å². The number of Topliss-reactive ketones (excluding diaryl/α,β-unsaturated/α-hetero) is 1. The Hall–Kier alpha value is -3.81. The molecule has 0 fully saturated rings. The number of esters is 2. The van der Waals surface area contributed by atoms with Gasteiger partial charge in [0.15, 0.2) is 11.5 Å². The molecule has 2 atom stereocenters. The number of allylic oxidation sites excluding steroid dienone is 1. The third-order valence-corrected chi connectivity index (χ3v) is 7.14. The van der Waals surface area contributed by atoms with E-state index in [0.717, 1.165) is 5.56 Å². The van der Waals surface area contributed by atoms with E-state index in [-0.39, 0.29) is 29.3 Å². The van der Waals surface area contributed by atoms with Gasteiger partial charge in [-0.3, -0.25) is 9.59 Å². The number of ketones is 1. The van der Waals surface area contributed by atoms with Crippen LogP contribution in [0.4, 0.5) is 0 Å². The maximum Gasteiger partial charge on any atom is 0.342 e. The molecule has 40 heavy (non-hydrogen) atoms. The van der Waals surface area contributed by atoms with E-state index in [0.29, 0.717) is 73.7 Å². The number of ether oxygens (including phenoxy) is 4. The Bertz CT molecular complexity index is 1290. The minimum Gasteiger partial charge on any atom is -0.507 e. The van der Waals surface area contributed by atoms with Gasteiger partial charge in [-0.2, -0.15) is 0 Å². The Morgan fingerprint density at radius 2 is 1.85 bits per heavy atom. The molecule has 0 radical (unpaired) electrons. The zero-order valence-corrected chi connectivity index (χ0v) is 23.7. The number of phenols is 1. The molecule has 0 saturated carbocycles. The van der Waals surface area contributed by atoms with Gasteiger partial charge in [0.25, 0.3) is 0 Å². The smallest absolute Gasteiger partial charge is 0.342 e. The number of hydrogen-bond donors (Lipinski definition) is 1. The van der Waals surface area contributed by atoms with Gasteiger partial charge in [-0.1, -0.05) is 32.1 Å². The van der Waals surface area contributed by atoms with Crippen LogP contribution in [0, 0.1) is 5.92 Å². The lowest BCUT2D eigenvalue weighted by Crippen LogP contribution is -2.23. The molecule has 2 aromatic carbocycles. The summed E-state index contributed by atoms with van der Waals surface area (Å²) in [6.07, 6.45) is 6.53. The minimum atomic E-state index is -0.665. The van der Waals surface area contributed by atoms with Crippen molar-refractivity contribution in [2.45, 2.75) is 77.7 Å². The summed E-state index contributed by atoms with van der Waals surface area (Å²) >= 11 is 0. The maximum atomic E-state index is 13.4. The van der Waals surface area contributed by atoms with Gasteiger partial charge >= 0.3 is 11.9 Å². The highest BCUT2D eigenvalue weighted by atomic mass is 16.5. The molecule has 0 aliphatic carbocycles. The molecule has 0 unspecified atom stereocenters. The predicted octanol–water partition coefficient (Wildman–Crippen LogP) is 6.36. The monoisotopic (exact) mass is 550 g/mol. The molecule has 2 heterocycles. The van der Waals surface area contributed by atoms with Crippen LogP contribution in [-0.2, 0) is 14.3 Å². The standard InChI is InChI=1S/C32H38O8/c1-19(2)18-38-26-15-21(13-14-25(26)37-4)24-17-28(34)40-27-16-22-10-6-5-7-11-23(33)12-8-9-20(3)39-32(36)29(22)31(35)30(24)27/h6,10,13-16,19-20,24,35H,5,7-9,11-12,17-18H2,1-4H3/t20-,24-/m1/s1. The second-order valence-electron chi connectivity index (χ2n) is 10.9. The van der Waals surface area contributed by atoms with Crippen molar-refractivity contribution in [1.82, 2.24) is 0 Å². The highest BCUT2D eigenvalue weighted by Gasteiger charge is 2.36. The van der Waals surface area contributed by atoms with E-state index < -0.39 is 24.0 Å². The number of cyclic esters (lactones) is 1. The van der Waals surface area contributed by atoms with Crippen molar-refractivity contribution in [3.63, 3.8) is 0 Å². The van der Waals surface area contributed by atoms with Crippen LogP contribution in [0.2, 0.25) is 0 Å². The Morgan fingerprint density at radius 1 is 1.07 bits per heavy atom. The van der Waals surface area contributed by atoms with Gasteiger partial charge in [-0.25, -0.2) is 4.79 Å². The molecule has 8 heteroatoms. The van der Waals surface area contributed by atoms with Gasteiger partial charge in [0.05, 0.1) is 26.2 Å². The number of fused-ring (bicyclic) bond motifs is 2. The summed E-state index contributed by atoms with van der Waals surface area (Å²) in [7, 11) is 1.56. The molecule has 2 aliphatic rings. The molecule has 4 rings (SSSR count). The molecule has 8 nitrogen and oxygen atoms in total. The third kappa shape index (κ3) is 6.84. The first kappa shape index (κ1) is 29.2. The van der Waals surface area contributed by atoms with E-state index in [2.05, 4.69) is 0 Å². The summed E-state index contributed by atoms with van der Waals surface area (Å²) in [6.45, 7) is 6.34. The van der Waals surface area contributed by atoms with Gasteiger partial charge in [0.2, 0.25) is 0 Å². The molecule has 0 bridgehead atoms. The van der Waals surface area contributed by atoms with Gasteiger partial charge < -0.3 is 24.1 Å². The van der Waals surface area contributed by atoms with Crippen molar-refractivity contribution in [2.24, 2.45) is 5.92 Å². The lowest BCUT2D eigenvalue weighted by atomic mass is 9.83. The Morgan fingerprint density at radius 3 is 2.60 bits per heavy atom. The molecular formula is C32H38O8. The molecule has 0 saturated heterocycles. The van der Waals surface area contributed by atoms with Crippen LogP contribution >= 0.6 is 0 Å². The molecule has 0 aromatic heterocycles. The zero-order valence-electron chi connectivity index (χ0n) is 23.7. The topological polar surface area (TPSA) is 108 Å². The quantitative estimate of drug-likeness (QED) is 0.339. The van der Waals surface area contributed by atoms with E-state index in [1.54, 1.807) is 38.3 Å². The fourth-order valence-corrected chi connectivity index (χ4v) is 5.08. The number of benzene rings is 2. The molecule has 2 aromatic rings. The van der Waals surface area contributed by atoms with Crippen molar-refractivity contribution in [1.29, 1.82) is 0 Å². The van der Waals surface area contributed by atoms with Crippen LogP contribution < -0.4 is 14.2 Å². The summed E-state index contributed by atoms with van der Waals surface area (Å²) in [5.74, 6) is -0.192. The lowest BCUT2D eigenvalue weighted by Gasteiger charge is -2.28. The fraction of sp³-hybridized carbons (Fsp3) is 0.469. The Kier molecular flexibility index (Phi) is 9.50. The molecule has 0 spiro atoms. The molecular weight excluding hydrogens is 512 g/mol. The van der Waals surface area contributed by atoms with E-state index in [1.165, 1.54) is 0 Å². The normalized spacial score (nSPS) is 20.2. The maximum absolute atomic E-state index is 13.4. The predicted molar refractivity (Wildman–Crippen MR) is 150 cm³/mol. The summed E-state index contributed by atoms with van der Waals surface area (Å²) < 4.78 is 22.7. The molecule has 2 aliphatic heterocycles. The Labute approximate surface area is 235 Å². The number of methoxy groups -OCH3 is 1. The number of carbonyl (C=O) groups excluding carboxylic acids is 3. The molecule has 0 amide bonds. The van der Waals surface area contributed by atoms with Crippen molar-refractivity contribution in [3.05, 3.63) is 52.6 Å². The van der Waals surface area contributed by atoms with Crippen LogP contribution in [0.15, 0.2) is 30.3 Å². The number of hydrogen-bond acceptors (Lipinski definition) is 8. The largest absolute Gasteiger partial charge is 0.507 e. The van der Waals surface area contributed by atoms with Gasteiger partial charge in [0.1, 0.15) is 22.8 Å². The van der Waals surface area contributed by atoms with Crippen LogP contribution in [0.25, 0.3) is 6.08 Å². The van der Waals surface area contributed by atoms with Gasteiger partial charge in [-0.05, 0) is 67.9 Å². The van der Waals surface area contributed by atoms with E-state index in [1.807, 2.05) is 26.0 Å². The third-order valence-electron chi connectivity index (χ3n) is 7.14. The number of phenolic OH excluding ortho intramolecular Hbond substituents is 1. The van der Waals surface area contributed by atoms with E-state index >= 15 is 0 Å². The van der Waals surface area contributed by atoms with Crippen molar-refractivity contribution >= 4 is 23.8 Å². The average molecular weight is 551 g/mol. The number of carbonyl (C=O) groups is 3. The number of rotatable bonds is 5. The van der Waals surface area contributed by atoms with E-state index in [4.69, 9.17) is 18.9 Å². The first-order valence-electron chi connectivity index (χ1n) is 14.0. The van der Waals surface area contributed by atoms with Crippen LogP contribution in [0.5, 0.6) is 23.0 Å². The first-order chi connectivity index (χ1) is 19.2. The van der Waals surface area contributed by atoms with Crippen molar-refractivity contribution < 1.29 is 38.4 Å². The zero-order chi connectivity index (χ0) is 28.8. The highest BCUT2D eigenvalue weighted by Crippen LogP contribution is 2.48. The molecule has 214 valence electrons. The Balaban J connectivity index is 1.80. The highest BCUT2D eigenvalue weighted by molar-refractivity contribution is 5.98. The summed E-state index contributed by atoms with van der Waals surface area (Å²) in [6, 6.07) is 7.00. The molecule has 1 N–H and O–H groups in total. The lowest BCUT2D eigenvalue weighted by molar-refractivity contribution is -0.135. The number of aromatic hydroxyl groups is 1. The summed E-state index contributed by atoms with van der Waals surface area (Å²) in [5, 5.41) is 11.6. The van der Waals surface area contributed by atoms with Crippen LogP contribution in [-0.4, -0.2) is 42.6 Å². The minimum absolute atomic E-state index is 0.0232. The fourth-order valence-electron chi connectivity index (χ4n) is 5.08. The SMILES string of the molecule is COc1ccc([C@H]2CC(=O)Oc3cc4c(c(O)c32)C(=O)O[C@H](C)CCCC(=O)CCCC=C4)cc1OCC(C)C. The van der Waals surface area contributed by atoms with Crippen LogP contribution in [0.3, 0.4) is 0 Å². The van der Waals surface area contributed by atoms with Crippen LogP contribution in [0.1, 0.15) is 98.7 Å². The second-order valence-corrected chi connectivity index (χ2v) is 10.9. The second kappa shape index (κ2) is 13.0. The van der Waals surface area contributed by atoms with Gasteiger partial charge in [-0.15, -0.1) is 0 Å². The van der Waals surface area contributed by atoms with Gasteiger partial charge in [0, 0.05) is 24.3 Å². The summed E-state index contributed by atoms with van der Waals surface area (Å²) in [4.78, 5) is 38.3. The first-order valence-corrected chi connectivity index (χ1v) is 14.0. The van der Waals surface area contributed by atoms with Crippen molar-refractivity contribution in [2.75, 3.05) is 13.7 Å². The summed E-state index contributed by atoms with van der Waals surface area (Å²) in [5.41, 5.74) is 1.49. The van der Waals surface area contributed by atoms with E-state index in [9.17, 15) is 19.5 Å².